The lowest BCUT2D eigenvalue weighted by atomic mass is 10.0. The van der Waals surface area contributed by atoms with Gasteiger partial charge in [-0.1, -0.05) is 12.1 Å². The van der Waals surface area contributed by atoms with Crippen molar-refractivity contribution in [1.82, 2.24) is 5.32 Å². The summed E-state index contributed by atoms with van der Waals surface area (Å²) in [5, 5.41) is 5.62. The lowest BCUT2D eigenvalue weighted by molar-refractivity contribution is -0.123. The number of fused-ring (bicyclic) bond motifs is 1. The van der Waals surface area contributed by atoms with Gasteiger partial charge >= 0.3 is 0 Å². The van der Waals surface area contributed by atoms with E-state index >= 15 is 0 Å². The molecule has 0 aromatic heterocycles. The van der Waals surface area contributed by atoms with Gasteiger partial charge in [-0.05, 0) is 36.2 Å². The Kier molecular flexibility index (Phi) is 5.80. The van der Waals surface area contributed by atoms with E-state index in [-0.39, 0.29) is 18.4 Å². The standard InChI is InChI=1S/C20H22N2O5/c1-25-17-5-3-4-14(20(17)26-2)11-21-19(24)12-27-15-7-8-16-13(10-15)6-9-18(23)22-16/h3-5,7-8,10H,6,9,11-12H2,1-2H3,(H,21,24)(H,22,23). The molecule has 0 fully saturated rings. The highest BCUT2D eigenvalue weighted by Crippen LogP contribution is 2.30. The summed E-state index contributed by atoms with van der Waals surface area (Å²) in [6, 6.07) is 10.9. The molecule has 0 atom stereocenters. The molecule has 27 heavy (non-hydrogen) atoms. The molecule has 3 rings (SSSR count). The van der Waals surface area contributed by atoms with Crippen molar-refractivity contribution in [1.29, 1.82) is 0 Å². The molecule has 1 aliphatic heterocycles. The zero-order valence-corrected chi connectivity index (χ0v) is 15.3. The number of para-hydroxylation sites is 1. The highest BCUT2D eigenvalue weighted by Gasteiger charge is 2.15. The summed E-state index contributed by atoms with van der Waals surface area (Å²) in [5.74, 6) is 1.58. The highest BCUT2D eigenvalue weighted by atomic mass is 16.5. The molecule has 2 aromatic rings. The van der Waals surface area contributed by atoms with E-state index in [0.717, 1.165) is 16.8 Å². The van der Waals surface area contributed by atoms with Crippen LogP contribution in [0.4, 0.5) is 5.69 Å². The molecule has 2 amide bonds. The topological polar surface area (TPSA) is 85.9 Å². The zero-order valence-electron chi connectivity index (χ0n) is 15.3. The van der Waals surface area contributed by atoms with Crippen molar-refractivity contribution in [2.75, 3.05) is 26.1 Å². The molecule has 1 aliphatic rings. The predicted octanol–water partition coefficient (Wildman–Crippen LogP) is 2.28. The second-order valence-corrected chi connectivity index (χ2v) is 6.09. The summed E-state index contributed by atoms with van der Waals surface area (Å²) < 4.78 is 16.2. The lowest BCUT2D eigenvalue weighted by Gasteiger charge is -2.17. The van der Waals surface area contributed by atoms with Crippen LogP contribution in [0, 0.1) is 0 Å². The largest absolute Gasteiger partial charge is 0.493 e. The number of nitrogens with one attached hydrogen (secondary N) is 2. The molecule has 7 heteroatoms. The van der Waals surface area contributed by atoms with Crippen LogP contribution in [0.25, 0.3) is 0 Å². The van der Waals surface area contributed by atoms with Gasteiger partial charge in [-0.2, -0.15) is 0 Å². The van der Waals surface area contributed by atoms with Crippen LogP contribution in [0.1, 0.15) is 17.5 Å². The Morgan fingerprint density at radius 1 is 1.15 bits per heavy atom. The van der Waals surface area contributed by atoms with Crippen molar-refractivity contribution >= 4 is 17.5 Å². The quantitative estimate of drug-likeness (QED) is 0.781. The van der Waals surface area contributed by atoms with Crippen molar-refractivity contribution < 1.29 is 23.8 Å². The van der Waals surface area contributed by atoms with Crippen LogP contribution >= 0.6 is 0 Å². The van der Waals surface area contributed by atoms with E-state index in [2.05, 4.69) is 10.6 Å². The molecule has 7 nitrogen and oxygen atoms in total. The third-order valence-corrected chi connectivity index (χ3v) is 4.30. The van der Waals surface area contributed by atoms with Crippen LogP contribution in [-0.4, -0.2) is 32.6 Å². The number of carbonyl (C=O) groups excluding carboxylic acids is 2. The molecule has 2 N–H and O–H groups in total. The molecule has 2 aromatic carbocycles. The first-order valence-corrected chi connectivity index (χ1v) is 8.63. The molecule has 142 valence electrons. The van der Waals surface area contributed by atoms with Gasteiger partial charge < -0.3 is 24.8 Å². The number of ether oxygens (including phenoxy) is 3. The monoisotopic (exact) mass is 370 g/mol. The van der Waals surface area contributed by atoms with E-state index in [4.69, 9.17) is 14.2 Å². The molecular weight excluding hydrogens is 348 g/mol. The van der Waals surface area contributed by atoms with Crippen LogP contribution in [0.15, 0.2) is 36.4 Å². The Morgan fingerprint density at radius 2 is 2.00 bits per heavy atom. The fraction of sp³-hybridized carbons (Fsp3) is 0.300. The minimum Gasteiger partial charge on any atom is -0.493 e. The molecular formula is C20H22N2O5. The Labute approximate surface area is 157 Å². The summed E-state index contributed by atoms with van der Waals surface area (Å²) in [6.45, 7) is 0.205. The molecule has 0 bridgehead atoms. The van der Waals surface area contributed by atoms with Gasteiger partial charge in [0.1, 0.15) is 5.75 Å². The van der Waals surface area contributed by atoms with Gasteiger partial charge in [0.05, 0.1) is 14.2 Å². The molecule has 0 radical (unpaired) electrons. The maximum absolute atomic E-state index is 12.1. The molecule has 1 heterocycles. The first-order valence-electron chi connectivity index (χ1n) is 8.63. The fourth-order valence-electron chi connectivity index (χ4n) is 2.94. The number of rotatable bonds is 7. The lowest BCUT2D eigenvalue weighted by Crippen LogP contribution is -2.28. The second kappa shape index (κ2) is 8.44. The number of amides is 2. The molecule has 0 aliphatic carbocycles. The smallest absolute Gasteiger partial charge is 0.258 e. The number of aryl methyl sites for hydroxylation is 1. The third kappa shape index (κ3) is 4.49. The van der Waals surface area contributed by atoms with Crippen molar-refractivity contribution in [3.05, 3.63) is 47.5 Å². The summed E-state index contributed by atoms with van der Waals surface area (Å²) in [6.07, 6.45) is 1.12. The average Bonchev–Trinajstić information content (AvgIpc) is 2.70. The molecule has 0 unspecified atom stereocenters. The number of hydrogen-bond acceptors (Lipinski definition) is 5. The highest BCUT2D eigenvalue weighted by molar-refractivity contribution is 5.94. The number of carbonyl (C=O) groups is 2. The van der Waals surface area contributed by atoms with Gasteiger partial charge in [0.2, 0.25) is 5.91 Å². The maximum atomic E-state index is 12.1. The minimum absolute atomic E-state index is 0.0171. The second-order valence-electron chi connectivity index (χ2n) is 6.09. The fourth-order valence-corrected chi connectivity index (χ4v) is 2.94. The van der Waals surface area contributed by atoms with Crippen LogP contribution in [-0.2, 0) is 22.6 Å². The minimum atomic E-state index is -0.245. The normalized spacial score (nSPS) is 12.6. The van der Waals surface area contributed by atoms with Gasteiger partial charge in [-0.3, -0.25) is 9.59 Å². The zero-order chi connectivity index (χ0) is 19.2. The number of methoxy groups -OCH3 is 2. The summed E-state index contributed by atoms with van der Waals surface area (Å²) in [5.41, 5.74) is 2.62. The van der Waals surface area contributed by atoms with Gasteiger partial charge in [0.25, 0.3) is 5.91 Å². The molecule has 0 saturated carbocycles. The van der Waals surface area contributed by atoms with E-state index in [9.17, 15) is 9.59 Å². The van der Waals surface area contributed by atoms with E-state index in [0.29, 0.717) is 36.6 Å². The van der Waals surface area contributed by atoms with E-state index in [1.807, 2.05) is 18.2 Å². The van der Waals surface area contributed by atoms with Crippen LogP contribution in [0.3, 0.4) is 0 Å². The number of hydrogen-bond donors (Lipinski definition) is 2. The average molecular weight is 370 g/mol. The first kappa shape index (κ1) is 18.6. The number of benzene rings is 2. The van der Waals surface area contributed by atoms with E-state index < -0.39 is 0 Å². The van der Waals surface area contributed by atoms with Crippen LogP contribution in [0.5, 0.6) is 17.2 Å². The first-order chi connectivity index (χ1) is 13.1. The number of anilines is 1. The van der Waals surface area contributed by atoms with Crippen molar-refractivity contribution in [3.63, 3.8) is 0 Å². The van der Waals surface area contributed by atoms with Crippen LogP contribution in [0.2, 0.25) is 0 Å². The van der Waals surface area contributed by atoms with Gasteiger partial charge in [0.15, 0.2) is 18.1 Å². The predicted molar refractivity (Wildman–Crippen MR) is 100 cm³/mol. The van der Waals surface area contributed by atoms with E-state index in [1.165, 1.54) is 0 Å². The SMILES string of the molecule is COc1cccc(CNC(=O)COc2ccc3c(c2)CCC(=O)N3)c1OC. The Bertz CT molecular complexity index is 850. The van der Waals surface area contributed by atoms with Crippen molar-refractivity contribution in [2.24, 2.45) is 0 Å². The van der Waals surface area contributed by atoms with Crippen molar-refractivity contribution in [3.8, 4) is 17.2 Å². The van der Waals surface area contributed by atoms with Crippen LogP contribution < -0.4 is 24.8 Å². The third-order valence-electron chi connectivity index (χ3n) is 4.30. The Hall–Kier alpha value is -3.22. The molecule has 0 saturated heterocycles. The molecule has 0 spiro atoms. The van der Waals surface area contributed by atoms with Gasteiger partial charge in [0, 0.05) is 24.2 Å². The maximum Gasteiger partial charge on any atom is 0.258 e. The van der Waals surface area contributed by atoms with Gasteiger partial charge in [-0.25, -0.2) is 0 Å². The summed E-state index contributed by atoms with van der Waals surface area (Å²) >= 11 is 0. The Balaban J connectivity index is 1.54. The van der Waals surface area contributed by atoms with Crippen molar-refractivity contribution in [2.45, 2.75) is 19.4 Å². The summed E-state index contributed by atoms with van der Waals surface area (Å²) in [4.78, 5) is 23.5. The van der Waals surface area contributed by atoms with Gasteiger partial charge in [-0.15, -0.1) is 0 Å². The van der Waals surface area contributed by atoms with E-state index in [1.54, 1.807) is 32.4 Å². The summed E-state index contributed by atoms with van der Waals surface area (Å²) in [7, 11) is 3.13. The Morgan fingerprint density at radius 3 is 2.78 bits per heavy atom.